The van der Waals surface area contributed by atoms with Crippen LogP contribution in [0.5, 0.6) is 0 Å². The number of rotatable bonds is 5. The van der Waals surface area contributed by atoms with E-state index in [0.29, 0.717) is 12.3 Å². The molecule has 0 heterocycles. The SMILES string of the molecule is C=C(C(=O)OCC)N(CC)CC. The molecular formula is C9H17NO2. The minimum Gasteiger partial charge on any atom is -0.461 e. The van der Waals surface area contributed by atoms with Crippen molar-refractivity contribution in [1.82, 2.24) is 4.90 Å². The molecule has 0 saturated carbocycles. The third kappa shape index (κ3) is 2.95. The number of nitrogens with zero attached hydrogens (tertiary/aromatic N) is 1. The maximum absolute atomic E-state index is 11.1. The van der Waals surface area contributed by atoms with Crippen molar-refractivity contribution < 1.29 is 9.53 Å². The van der Waals surface area contributed by atoms with Crippen LogP contribution in [0.2, 0.25) is 0 Å². The fraction of sp³-hybridized carbons (Fsp3) is 0.667. The average molecular weight is 171 g/mol. The molecule has 0 bridgehead atoms. The molecule has 70 valence electrons. The molecule has 0 aliphatic heterocycles. The van der Waals surface area contributed by atoms with Gasteiger partial charge in [-0.3, -0.25) is 0 Å². The van der Waals surface area contributed by atoms with Crippen molar-refractivity contribution in [3.05, 3.63) is 12.3 Å². The van der Waals surface area contributed by atoms with Gasteiger partial charge in [0.05, 0.1) is 6.61 Å². The highest BCUT2D eigenvalue weighted by Gasteiger charge is 2.12. The molecule has 0 aromatic rings. The number of carbonyl (C=O) groups is 1. The molecule has 0 saturated heterocycles. The van der Waals surface area contributed by atoms with E-state index >= 15 is 0 Å². The van der Waals surface area contributed by atoms with Gasteiger partial charge in [0.15, 0.2) is 0 Å². The Morgan fingerprint density at radius 3 is 2.17 bits per heavy atom. The second-order valence-corrected chi connectivity index (χ2v) is 2.34. The second-order valence-electron chi connectivity index (χ2n) is 2.34. The highest BCUT2D eigenvalue weighted by atomic mass is 16.5. The maximum Gasteiger partial charge on any atom is 0.353 e. The van der Waals surface area contributed by atoms with Crippen molar-refractivity contribution in [3.8, 4) is 0 Å². The quantitative estimate of drug-likeness (QED) is 0.462. The largest absolute Gasteiger partial charge is 0.461 e. The van der Waals surface area contributed by atoms with Crippen LogP contribution in [0.3, 0.4) is 0 Å². The fourth-order valence-electron chi connectivity index (χ4n) is 0.949. The molecular weight excluding hydrogens is 154 g/mol. The first kappa shape index (κ1) is 11.0. The zero-order valence-electron chi connectivity index (χ0n) is 8.09. The summed E-state index contributed by atoms with van der Waals surface area (Å²) in [5, 5.41) is 0. The Hall–Kier alpha value is -0.990. The van der Waals surface area contributed by atoms with Gasteiger partial charge in [0, 0.05) is 13.1 Å². The molecule has 0 aliphatic carbocycles. The van der Waals surface area contributed by atoms with E-state index in [9.17, 15) is 4.79 Å². The van der Waals surface area contributed by atoms with Crippen LogP contribution < -0.4 is 0 Å². The lowest BCUT2D eigenvalue weighted by Gasteiger charge is -2.21. The zero-order valence-corrected chi connectivity index (χ0v) is 8.09. The topological polar surface area (TPSA) is 29.5 Å². The van der Waals surface area contributed by atoms with E-state index < -0.39 is 0 Å². The molecule has 0 N–H and O–H groups in total. The summed E-state index contributed by atoms with van der Waals surface area (Å²) in [6.07, 6.45) is 0. The maximum atomic E-state index is 11.1. The van der Waals surface area contributed by atoms with Crippen molar-refractivity contribution >= 4 is 5.97 Å². The molecule has 0 unspecified atom stereocenters. The summed E-state index contributed by atoms with van der Waals surface area (Å²) in [5.41, 5.74) is 0.446. The van der Waals surface area contributed by atoms with Gasteiger partial charge in [0.2, 0.25) is 0 Å². The molecule has 0 radical (unpaired) electrons. The minimum atomic E-state index is -0.318. The van der Waals surface area contributed by atoms with E-state index in [2.05, 4.69) is 6.58 Å². The van der Waals surface area contributed by atoms with Gasteiger partial charge in [-0.15, -0.1) is 0 Å². The van der Waals surface area contributed by atoms with E-state index in [1.165, 1.54) is 0 Å². The summed E-state index contributed by atoms with van der Waals surface area (Å²) in [4.78, 5) is 13.0. The number of esters is 1. The number of ether oxygens (including phenoxy) is 1. The summed E-state index contributed by atoms with van der Waals surface area (Å²) in [7, 11) is 0. The van der Waals surface area contributed by atoms with E-state index in [0.717, 1.165) is 13.1 Å². The van der Waals surface area contributed by atoms with Crippen LogP contribution >= 0.6 is 0 Å². The van der Waals surface area contributed by atoms with Crippen LogP contribution in [-0.2, 0) is 9.53 Å². The molecule has 0 aromatic carbocycles. The Morgan fingerprint density at radius 1 is 1.33 bits per heavy atom. The van der Waals surface area contributed by atoms with Gasteiger partial charge in [-0.1, -0.05) is 6.58 Å². The van der Waals surface area contributed by atoms with Crippen LogP contribution in [-0.4, -0.2) is 30.6 Å². The molecule has 0 aliphatic rings. The van der Waals surface area contributed by atoms with Gasteiger partial charge in [0.1, 0.15) is 5.70 Å². The second kappa shape index (κ2) is 5.63. The average Bonchev–Trinajstić information content (AvgIpc) is 2.07. The minimum absolute atomic E-state index is 0.318. The Kier molecular flexibility index (Phi) is 5.17. The van der Waals surface area contributed by atoms with Gasteiger partial charge in [-0.2, -0.15) is 0 Å². The predicted octanol–water partition coefficient (Wildman–Crippen LogP) is 1.41. The number of hydrogen-bond acceptors (Lipinski definition) is 3. The standard InChI is InChI=1S/C9H17NO2/c1-5-10(6-2)8(4)9(11)12-7-3/h4-7H2,1-3H3. The third-order valence-corrected chi connectivity index (χ3v) is 1.66. The van der Waals surface area contributed by atoms with Crippen LogP contribution in [0.15, 0.2) is 12.3 Å². The molecule has 0 fully saturated rings. The van der Waals surface area contributed by atoms with Gasteiger partial charge < -0.3 is 9.64 Å². The Labute approximate surface area is 74.0 Å². The molecule has 0 aromatic heterocycles. The van der Waals surface area contributed by atoms with Crippen LogP contribution in [0, 0.1) is 0 Å². The van der Waals surface area contributed by atoms with Crippen molar-refractivity contribution in [3.63, 3.8) is 0 Å². The Bertz CT molecular complexity index is 162. The summed E-state index contributed by atoms with van der Waals surface area (Å²) in [6.45, 7) is 11.4. The van der Waals surface area contributed by atoms with Gasteiger partial charge >= 0.3 is 5.97 Å². The molecule has 0 rings (SSSR count). The van der Waals surface area contributed by atoms with Crippen molar-refractivity contribution in [2.75, 3.05) is 19.7 Å². The highest BCUT2D eigenvalue weighted by Crippen LogP contribution is 2.02. The zero-order chi connectivity index (χ0) is 9.56. The summed E-state index contributed by atoms with van der Waals surface area (Å²) >= 11 is 0. The van der Waals surface area contributed by atoms with Crippen molar-refractivity contribution in [2.24, 2.45) is 0 Å². The van der Waals surface area contributed by atoms with E-state index in [-0.39, 0.29) is 5.97 Å². The van der Waals surface area contributed by atoms with Gasteiger partial charge in [-0.05, 0) is 20.8 Å². The van der Waals surface area contributed by atoms with Gasteiger partial charge in [0.25, 0.3) is 0 Å². The Balaban J connectivity index is 4.07. The van der Waals surface area contributed by atoms with E-state index in [1.54, 1.807) is 6.92 Å². The van der Waals surface area contributed by atoms with Crippen LogP contribution in [0.4, 0.5) is 0 Å². The fourth-order valence-corrected chi connectivity index (χ4v) is 0.949. The molecule has 12 heavy (non-hydrogen) atoms. The van der Waals surface area contributed by atoms with Crippen LogP contribution in [0.1, 0.15) is 20.8 Å². The highest BCUT2D eigenvalue weighted by molar-refractivity contribution is 5.86. The number of likely N-dealkylation sites (N-methyl/N-ethyl adjacent to an activating group) is 1. The van der Waals surface area contributed by atoms with Gasteiger partial charge in [-0.25, -0.2) is 4.79 Å². The first-order valence-electron chi connectivity index (χ1n) is 4.28. The first-order valence-corrected chi connectivity index (χ1v) is 4.28. The summed E-state index contributed by atoms with van der Waals surface area (Å²) in [6, 6.07) is 0. The summed E-state index contributed by atoms with van der Waals surface area (Å²) in [5.74, 6) is -0.318. The normalized spacial score (nSPS) is 9.25. The predicted molar refractivity (Wildman–Crippen MR) is 48.7 cm³/mol. The number of carbonyl (C=O) groups excluding carboxylic acids is 1. The first-order chi connectivity index (χ1) is 5.67. The molecule has 0 atom stereocenters. The lowest BCUT2D eigenvalue weighted by Crippen LogP contribution is -2.27. The van der Waals surface area contributed by atoms with E-state index in [1.807, 2.05) is 18.7 Å². The Morgan fingerprint density at radius 2 is 1.83 bits per heavy atom. The van der Waals surface area contributed by atoms with E-state index in [4.69, 9.17) is 4.74 Å². The summed E-state index contributed by atoms with van der Waals surface area (Å²) < 4.78 is 4.81. The molecule has 3 nitrogen and oxygen atoms in total. The molecule has 0 amide bonds. The third-order valence-electron chi connectivity index (χ3n) is 1.66. The van der Waals surface area contributed by atoms with Crippen molar-refractivity contribution in [2.45, 2.75) is 20.8 Å². The van der Waals surface area contributed by atoms with Crippen LogP contribution in [0.25, 0.3) is 0 Å². The molecule has 0 spiro atoms. The van der Waals surface area contributed by atoms with Crippen molar-refractivity contribution in [1.29, 1.82) is 0 Å². The monoisotopic (exact) mass is 171 g/mol. The smallest absolute Gasteiger partial charge is 0.353 e. The number of hydrogen-bond donors (Lipinski definition) is 0. The lowest BCUT2D eigenvalue weighted by molar-refractivity contribution is -0.140. The molecule has 3 heteroatoms. The lowest BCUT2D eigenvalue weighted by atomic mass is 10.4.